The summed E-state index contributed by atoms with van der Waals surface area (Å²) >= 11 is 13.8. The fourth-order valence-corrected chi connectivity index (χ4v) is 3.24. The monoisotopic (exact) mass is 285 g/mol. The lowest BCUT2D eigenvalue weighted by molar-refractivity contribution is 0.874. The van der Waals surface area contributed by atoms with Crippen LogP contribution in [0.2, 0.25) is 10.0 Å². The van der Waals surface area contributed by atoms with Gasteiger partial charge in [0.05, 0.1) is 6.04 Å². The van der Waals surface area contributed by atoms with Gasteiger partial charge in [-0.3, -0.25) is 0 Å². The van der Waals surface area contributed by atoms with Crippen molar-refractivity contribution in [2.24, 2.45) is 5.73 Å². The summed E-state index contributed by atoms with van der Waals surface area (Å²) in [4.78, 5) is 1.16. The largest absolute Gasteiger partial charge is 0.320 e. The average molecular weight is 286 g/mol. The smallest absolute Gasteiger partial charge is 0.0663 e. The van der Waals surface area contributed by atoms with Gasteiger partial charge in [0, 0.05) is 14.9 Å². The number of halogens is 2. The first-order chi connectivity index (χ1) is 8.13. The summed E-state index contributed by atoms with van der Waals surface area (Å²) in [6, 6.07) is 7.32. The fourth-order valence-electron chi connectivity index (χ4n) is 1.81. The molecular formula is C13H13Cl2NS. The lowest BCUT2D eigenvalue weighted by Crippen LogP contribution is -2.12. The minimum atomic E-state index is -0.198. The first kappa shape index (κ1) is 12.9. The molecule has 0 saturated heterocycles. The number of hydrogen-bond donors (Lipinski definition) is 1. The quantitative estimate of drug-likeness (QED) is 0.872. The van der Waals surface area contributed by atoms with Crippen molar-refractivity contribution in [1.29, 1.82) is 0 Å². The highest BCUT2D eigenvalue weighted by Gasteiger charge is 2.16. The predicted octanol–water partition coefficient (Wildman–Crippen LogP) is 4.67. The number of hydrogen-bond acceptors (Lipinski definition) is 2. The van der Waals surface area contributed by atoms with Crippen LogP contribution in [0.1, 0.15) is 29.0 Å². The maximum atomic E-state index is 6.27. The molecular weight excluding hydrogens is 273 g/mol. The van der Waals surface area contributed by atoms with Crippen molar-refractivity contribution in [2.75, 3.05) is 0 Å². The molecule has 1 aromatic carbocycles. The molecule has 1 aromatic heterocycles. The Morgan fingerprint density at radius 3 is 2.76 bits per heavy atom. The molecule has 0 spiro atoms. The molecule has 0 radical (unpaired) electrons. The fraction of sp³-hybridized carbons (Fsp3) is 0.231. The van der Waals surface area contributed by atoms with Crippen LogP contribution in [0.3, 0.4) is 0 Å². The van der Waals surface area contributed by atoms with Gasteiger partial charge in [0.1, 0.15) is 0 Å². The predicted molar refractivity (Wildman–Crippen MR) is 76.2 cm³/mol. The van der Waals surface area contributed by atoms with Crippen molar-refractivity contribution in [3.63, 3.8) is 0 Å². The first-order valence-electron chi connectivity index (χ1n) is 5.40. The van der Waals surface area contributed by atoms with E-state index in [4.69, 9.17) is 28.9 Å². The molecule has 1 unspecified atom stereocenters. The number of rotatable bonds is 3. The van der Waals surface area contributed by atoms with Gasteiger partial charge in [0.25, 0.3) is 0 Å². The highest BCUT2D eigenvalue weighted by molar-refractivity contribution is 7.10. The van der Waals surface area contributed by atoms with Gasteiger partial charge in [-0.25, -0.2) is 0 Å². The van der Waals surface area contributed by atoms with Crippen LogP contribution in [0.4, 0.5) is 0 Å². The van der Waals surface area contributed by atoms with Crippen molar-refractivity contribution in [3.8, 4) is 0 Å². The summed E-state index contributed by atoms with van der Waals surface area (Å²) in [5.41, 5.74) is 8.44. The molecule has 2 N–H and O–H groups in total. The highest BCUT2D eigenvalue weighted by Crippen LogP contribution is 2.33. The maximum Gasteiger partial charge on any atom is 0.0663 e. The zero-order valence-electron chi connectivity index (χ0n) is 9.41. The van der Waals surface area contributed by atoms with E-state index < -0.39 is 0 Å². The topological polar surface area (TPSA) is 26.0 Å². The molecule has 2 aromatic rings. The van der Waals surface area contributed by atoms with Crippen molar-refractivity contribution in [3.05, 3.63) is 55.7 Å². The van der Waals surface area contributed by atoms with E-state index in [9.17, 15) is 0 Å². The van der Waals surface area contributed by atoms with Gasteiger partial charge < -0.3 is 5.73 Å². The average Bonchev–Trinajstić information content (AvgIpc) is 2.79. The van der Waals surface area contributed by atoms with Crippen molar-refractivity contribution >= 4 is 34.5 Å². The van der Waals surface area contributed by atoms with Gasteiger partial charge in [0.2, 0.25) is 0 Å². The van der Waals surface area contributed by atoms with Gasteiger partial charge in [0.15, 0.2) is 0 Å². The number of aryl methyl sites for hydroxylation is 1. The van der Waals surface area contributed by atoms with E-state index in [1.165, 1.54) is 5.56 Å². The summed E-state index contributed by atoms with van der Waals surface area (Å²) in [7, 11) is 0. The molecule has 0 fully saturated rings. The molecule has 2 rings (SSSR count). The lowest BCUT2D eigenvalue weighted by Gasteiger charge is -2.14. The second kappa shape index (κ2) is 5.40. The Labute approximate surface area is 115 Å². The zero-order chi connectivity index (χ0) is 12.4. The molecule has 1 nitrogen and oxygen atoms in total. The van der Waals surface area contributed by atoms with Gasteiger partial charge >= 0.3 is 0 Å². The van der Waals surface area contributed by atoms with Crippen LogP contribution < -0.4 is 5.73 Å². The minimum absolute atomic E-state index is 0.198. The summed E-state index contributed by atoms with van der Waals surface area (Å²) in [6.07, 6.45) is 0.977. The minimum Gasteiger partial charge on any atom is -0.320 e. The number of benzene rings is 1. The molecule has 0 bridgehead atoms. The molecule has 1 atom stereocenters. The van der Waals surface area contributed by atoms with E-state index in [1.807, 2.05) is 6.07 Å². The second-order valence-corrected chi connectivity index (χ2v) is 5.60. The molecule has 0 aliphatic heterocycles. The summed E-state index contributed by atoms with van der Waals surface area (Å²) in [5, 5.41) is 3.39. The van der Waals surface area contributed by atoms with Gasteiger partial charge in [-0.2, -0.15) is 0 Å². The third kappa shape index (κ3) is 2.66. The van der Waals surface area contributed by atoms with Gasteiger partial charge in [-0.15, -0.1) is 11.3 Å². The van der Waals surface area contributed by atoms with E-state index in [1.54, 1.807) is 23.5 Å². The Balaban J connectivity index is 2.43. The van der Waals surface area contributed by atoms with E-state index in [0.717, 1.165) is 16.9 Å². The van der Waals surface area contributed by atoms with Crippen LogP contribution in [0.15, 0.2) is 29.6 Å². The van der Waals surface area contributed by atoms with Crippen LogP contribution in [0.25, 0.3) is 0 Å². The Morgan fingerprint density at radius 2 is 2.06 bits per heavy atom. The van der Waals surface area contributed by atoms with Crippen LogP contribution in [0, 0.1) is 0 Å². The van der Waals surface area contributed by atoms with Gasteiger partial charge in [-0.05, 0) is 47.2 Å². The standard InChI is InChI=1S/C13H13Cl2NS/c1-2-8-5-6-17-13(8)12(16)10-7-9(14)3-4-11(10)15/h3-7,12H,2,16H2,1H3. The SMILES string of the molecule is CCc1ccsc1C(N)c1cc(Cl)ccc1Cl. The van der Waals surface area contributed by atoms with Crippen molar-refractivity contribution in [2.45, 2.75) is 19.4 Å². The number of nitrogens with two attached hydrogens (primary N) is 1. The second-order valence-electron chi connectivity index (χ2n) is 3.81. The molecule has 0 aliphatic rings. The van der Waals surface area contributed by atoms with Gasteiger partial charge in [-0.1, -0.05) is 30.1 Å². The highest BCUT2D eigenvalue weighted by atomic mass is 35.5. The Bertz CT molecular complexity index is 522. The number of thiophene rings is 1. The Hall–Kier alpha value is -0.540. The molecule has 0 amide bonds. The van der Waals surface area contributed by atoms with Crippen LogP contribution in [-0.2, 0) is 6.42 Å². The molecule has 0 saturated carbocycles. The van der Waals surface area contributed by atoms with Crippen LogP contribution in [-0.4, -0.2) is 0 Å². The Kier molecular flexibility index (Phi) is 4.10. The normalized spacial score (nSPS) is 12.7. The first-order valence-corrected chi connectivity index (χ1v) is 7.03. The molecule has 0 aliphatic carbocycles. The summed E-state index contributed by atoms with van der Waals surface area (Å²) in [5.74, 6) is 0. The van der Waals surface area contributed by atoms with Crippen LogP contribution in [0.5, 0.6) is 0 Å². The third-order valence-corrected chi connectivity index (χ3v) is 4.36. The molecule has 1 heterocycles. The third-order valence-electron chi connectivity index (χ3n) is 2.74. The van der Waals surface area contributed by atoms with E-state index in [-0.39, 0.29) is 6.04 Å². The van der Waals surface area contributed by atoms with Crippen molar-refractivity contribution < 1.29 is 0 Å². The zero-order valence-corrected chi connectivity index (χ0v) is 11.7. The van der Waals surface area contributed by atoms with Crippen molar-refractivity contribution in [1.82, 2.24) is 0 Å². The van der Waals surface area contributed by atoms with E-state index in [2.05, 4.69) is 18.4 Å². The summed E-state index contributed by atoms with van der Waals surface area (Å²) in [6.45, 7) is 2.12. The molecule has 90 valence electrons. The van der Waals surface area contributed by atoms with E-state index in [0.29, 0.717) is 10.0 Å². The Morgan fingerprint density at radius 1 is 1.29 bits per heavy atom. The summed E-state index contributed by atoms with van der Waals surface area (Å²) < 4.78 is 0. The van der Waals surface area contributed by atoms with E-state index >= 15 is 0 Å². The molecule has 4 heteroatoms. The van der Waals surface area contributed by atoms with Crippen LogP contribution >= 0.6 is 34.5 Å². The molecule has 17 heavy (non-hydrogen) atoms. The maximum absolute atomic E-state index is 6.27. The lowest BCUT2D eigenvalue weighted by atomic mass is 10.0.